The normalized spacial score (nSPS) is 10.5. The Bertz CT molecular complexity index is 987. The minimum absolute atomic E-state index is 0.0595. The number of aryl methyl sites for hydroxylation is 1. The Balaban J connectivity index is 1.71. The van der Waals surface area contributed by atoms with Crippen LogP contribution < -0.4 is 10.9 Å². The Morgan fingerprint density at radius 2 is 1.92 bits per heavy atom. The van der Waals surface area contributed by atoms with E-state index >= 15 is 0 Å². The van der Waals surface area contributed by atoms with Crippen LogP contribution in [0.5, 0.6) is 0 Å². The quantitative estimate of drug-likeness (QED) is 0.700. The van der Waals surface area contributed by atoms with Crippen LogP contribution in [0.25, 0.3) is 5.69 Å². The average molecular weight is 369 g/mol. The monoisotopic (exact) mass is 369 g/mol. The lowest BCUT2D eigenvalue weighted by Gasteiger charge is -2.09. The molecule has 0 atom stereocenters. The second-order valence-electron chi connectivity index (χ2n) is 5.54. The number of carbonyl (C=O) groups is 1. The van der Waals surface area contributed by atoms with E-state index in [1.165, 1.54) is 41.2 Å². The molecule has 1 amide bonds. The van der Waals surface area contributed by atoms with Crippen molar-refractivity contribution in [2.45, 2.75) is 11.9 Å². The van der Waals surface area contributed by atoms with Crippen LogP contribution in [0.3, 0.4) is 0 Å². The van der Waals surface area contributed by atoms with Gasteiger partial charge in [-0.25, -0.2) is 9.37 Å². The number of hydrogen-bond acceptors (Lipinski definition) is 4. The summed E-state index contributed by atoms with van der Waals surface area (Å²) in [5.41, 5.74) is 1.88. The SMILES string of the molecule is Cc1ccccc1NC(=O)CSc1nccn(-c2ccc(F)cc2)c1=O. The molecular formula is C19H16FN3O2S. The number of anilines is 1. The number of rotatable bonds is 5. The summed E-state index contributed by atoms with van der Waals surface area (Å²) in [7, 11) is 0. The fraction of sp³-hybridized carbons (Fsp3) is 0.105. The average Bonchev–Trinajstić information content (AvgIpc) is 2.64. The summed E-state index contributed by atoms with van der Waals surface area (Å²) >= 11 is 1.06. The maximum Gasteiger partial charge on any atom is 0.287 e. The zero-order chi connectivity index (χ0) is 18.5. The summed E-state index contributed by atoms with van der Waals surface area (Å²) in [5.74, 6) is -0.537. The Labute approximate surface area is 153 Å². The highest BCUT2D eigenvalue weighted by atomic mass is 32.2. The molecule has 3 aromatic rings. The highest BCUT2D eigenvalue weighted by Crippen LogP contribution is 2.16. The van der Waals surface area contributed by atoms with Gasteiger partial charge in [-0.1, -0.05) is 30.0 Å². The Morgan fingerprint density at radius 1 is 1.19 bits per heavy atom. The van der Waals surface area contributed by atoms with Crippen LogP contribution in [0, 0.1) is 12.7 Å². The molecule has 0 aliphatic heterocycles. The Morgan fingerprint density at radius 3 is 2.65 bits per heavy atom. The molecule has 5 nitrogen and oxygen atoms in total. The number of aromatic nitrogens is 2. The summed E-state index contributed by atoms with van der Waals surface area (Å²) in [6, 6.07) is 13.0. The van der Waals surface area contributed by atoms with Crippen molar-refractivity contribution in [3.8, 4) is 5.69 Å². The maximum absolute atomic E-state index is 13.1. The van der Waals surface area contributed by atoms with Gasteiger partial charge in [0.2, 0.25) is 5.91 Å². The molecule has 0 bridgehead atoms. The van der Waals surface area contributed by atoms with Crippen molar-refractivity contribution in [3.63, 3.8) is 0 Å². The first kappa shape index (κ1) is 17.9. The van der Waals surface area contributed by atoms with Crippen molar-refractivity contribution < 1.29 is 9.18 Å². The standard InChI is InChI=1S/C19H16FN3O2S/c1-13-4-2-3-5-16(13)22-17(24)12-26-18-19(25)23(11-10-21-18)15-8-6-14(20)7-9-15/h2-11H,12H2,1H3,(H,22,24). The molecule has 2 aromatic carbocycles. The first-order valence-corrected chi connectivity index (χ1v) is 8.85. The number of thioether (sulfide) groups is 1. The van der Waals surface area contributed by atoms with Crippen LogP contribution >= 0.6 is 11.8 Å². The second kappa shape index (κ2) is 7.97. The van der Waals surface area contributed by atoms with E-state index in [0.29, 0.717) is 5.69 Å². The minimum atomic E-state index is -0.377. The van der Waals surface area contributed by atoms with E-state index in [4.69, 9.17) is 0 Å². The minimum Gasteiger partial charge on any atom is -0.325 e. The topological polar surface area (TPSA) is 64.0 Å². The number of benzene rings is 2. The van der Waals surface area contributed by atoms with Gasteiger partial charge in [0.05, 0.1) is 5.75 Å². The van der Waals surface area contributed by atoms with Crippen molar-refractivity contribution >= 4 is 23.4 Å². The summed E-state index contributed by atoms with van der Waals surface area (Å²) in [5, 5.41) is 3.02. The molecule has 26 heavy (non-hydrogen) atoms. The van der Waals surface area contributed by atoms with Crippen molar-refractivity contribution in [2.24, 2.45) is 0 Å². The molecule has 3 rings (SSSR count). The highest BCUT2D eigenvalue weighted by Gasteiger charge is 2.11. The van der Waals surface area contributed by atoms with Crippen molar-refractivity contribution in [2.75, 3.05) is 11.1 Å². The summed E-state index contributed by atoms with van der Waals surface area (Å²) in [4.78, 5) is 28.7. The van der Waals surface area contributed by atoms with Crippen LogP contribution in [0.1, 0.15) is 5.56 Å². The molecule has 0 aliphatic rings. The van der Waals surface area contributed by atoms with Gasteiger partial charge in [-0.15, -0.1) is 0 Å². The summed E-state index contributed by atoms with van der Waals surface area (Å²) in [6.07, 6.45) is 2.99. The molecule has 0 spiro atoms. The van der Waals surface area contributed by atoms with Gasteiger partial charge in [-0.3, -0.25) is 14.2 Å². The van der Waals surface area contributed by atoms with Gasteiger partial charge in [0.25, 0.3) is 5.56 Å². The zero-order valence-corrected chi connectivity index (χ0v) is 14.8. The first-order chi connectivity index (χ1) is 12.5. The van der Waals surface area contributed by atoms with E-state index in [-0.39, 0.29) is 28.1 Å². The number of hydrogen-bond donors (Lipinski definition) is 1. The zero-order valence-electron chi connectivity index (χ0n) is 14.0. The van der Waals surface area contributed by atoms with E-state index in [0.717, 1.165) is 23.0 Å². The predicted molar refractivity (Wildman–Crippen MR) is 100 cm³/mol. The molecule has 0 radical (unpaired) electrons. The molecule has 1 heterocycles. The van der Waals surface area contributed by atoms with E-state index < -0.39 is 0 Å². The third kappa shape index (κ3) is 4.18. The third-order valence-electron chi connectivity index (χ3n) is 3.67. The Hall–Kier alpha value is -2.93. The summed E-state index contributed by atoms with van der Waals surface area (Å²) in [6.45, 7) is 1.91. The smallest absolute Gasteiger partial charge is 0.287 e. The lowest BCUT2D eigenvalue weighted by molar-refractivity contribution is -0.113. The molecule has 0 aliphatic carbocycles. The van der Waals surface area contributed by atoms with E-state index in [9.17, 15) is 14.0 Å². The van der Waals surface area contributed by atoms with Crippen molar-refractivity contribution in [1.29, 1.82) is 0 Å². The number of nitrogens with zero attached hydrogens (tertiary/aromatic N) is 2. The molecular weight excluding hydrogens is 353 g/mol. The molecule has 7 heteroatoms. The molecule has 1 N–H and O–H groups in total. The van der Waals surface area contributed by atoms with Gasteiger partial charge in [0, 0.05) is 23.8 Å². The third-order valence-corrected chi connectivity index (χ3v) is 4.63. The number of halogens is 1. The number of carbonyl (C=O) groups excluding carboxylic acids is 1. The van der Waals surface area contributed by atoms with Gasteiger partial charge in [0.15, 0.2) is 5.03 Å². The van der Waals surface area contributed by atoms with Gasteiger partial charge in [-0.05, 0) is 42.8 Å². The first-order valence-electron chi connectivity index (χ1n) is 7.86. The molecule has 0 saturated heterocycles. The van der Waals surface area contributed by atoms with Gasteiger partial charge in [0.1, 0.15) is 5.82 Å². The molecule has 0 unspecified atom stereocenters. The molecule has 1 aromatic heterocycles. The van der Waals surface area contributed by atoms with E-state index in [1.54, 1.807) is 0 Å². The lowest BCUT2D eigenvalue weighted by Crippen LogP contribution is -2.22. The number of para-hydroxylation sites is 1. The number of nitrogens with one attached hydrogen (secondary N) is 1. The maximum atomic E-state index is 13.1. The van der Waals surface area contributed by atoms with Crippen LogP contribution in [0.2, 0.25) is 0 Å². The van der Waals surface area contributed by atoms with Crippen LogP contribution in [0.4, 0.5) is 10.1 Å². The lowest BCUT2D eigenvalue weighted by atomic mass is 10.2. The molecule has 0 fully saturated rings. The molecule has 132 valence electrons. The van der Waals surface area contributed by atoms with Gasteiger partial charge < -0.3 is 5.32 Å². The van der Waals surface area contributed by atoms with Gasteiger partial charge in [-0.2, -0.15) is 0 Å². The van der Waals surface area contributed by atoms with Gasteiger partial charge >= 0.3 is 0 Å². The van der Waals surface area contributed by atoms with E-state index in [2.05, 4.69) is 10.3 Å². The van der Waals surface area contributed by atoms with Crippen molar-refractivity contribution in [3.05, 3.63) is 82.7 Å². The predicted octanol–water partition coefficient (Wildman–Crippen LogP) is 3.41. The van der Waals surface area contributed by atoms with Crippen LogP contribution in [-0.2, 0) is 4.79 Å². The van der Waals surface area contributed by atoms with Crippen molar-refractivity contribution in [1.82, 2.24) is 9.55 Å². The highest BCUT2D eigenvalue weighted by molar-refractivity contribution is 7.99. The largest absolute Gasteiger partial charge is 0.325 e. The number of amides is 1. The van der Waals surface area contributed by atoms with Crippen LogP contribution in [0.15, 0.2) is 70.7 Å². The second-order valence-corrected chi connectivity index (χ2v) is 6.50. The molecule has 0 saturated carbocycles. The fourth-order valence-corrected chi connectivity index (χ4v) is 3.03. The summed E-state index contributed by atoms with van der Waals surface area (Å²) < 4.78 is 14.4. The van der Waals surface area contributed by atoms with E-state index in [1.807, 2.05) is 31.2 Å². The fourth-order valence-electron chi connectivity index (χ4n) is 2.33. The van der Waals surface area contributed by atoms with Crippen LogP contribution in [-0.4, -0.2) is 21.2 Å². The Kier molecular flexibility index (Phi) is 5.48.